The van der Waals surface area contributed by atoms with Crippen molar-refractivity contribution in [2.45, 2.75) is 51.4 Å². The Bertz CT molecular complexity index is 843. The molecule has 2 N–H and O–H groups in total. The van der Waals surface area contributed by atoms with Gasteiger partial charge in [-0.25, -0.2) is 0 Å². The zero-order chi connectivity index (χ0) is 20.6. The molecular formula is C24H28N4O2. The molecule has 2 aromatic rings. The molecule has 4 fully saturated rings. The Kier molecular flexibility index (Phi) is 4.80. The van der Waals surface area contributed by atoms with Crippen molar-refractivity contribution in [2.75, 3.05) is 10.6 Å². The van der Waals surface area contributed by atoms with E-state index in [0.29, 0.717) is 24.7 Å². The molecule has 4 saturated carbocycles. The van der Waals surface area contributed by atoms with E-state index in [4.69, 9.17) is 0 Å². The standard InChI is InChI=1S/C24H28N4O2/c29-21(27-19-3-1-5-25-14-19)12-23-8-17-7-18(9-23)11-24(10-17,16-23)13-22(30)28-20-4-2-6-26-15-20/h1-6,14-15,17-18H,7-13,16H2,(H,27,29)(H,28,30). The Morgan fingerprint density at radius 2 is 1.30 bits per heavy atom. The minimum absolute atomic E-state index is 0.0327. The first-order chi connectivity index (χ1) is 14.5. The summed E-state index contributed by atoms with van der Waals surface area (Å²) in [6, 6.07) is 7.40. The summed E-state index contributed by atoms with van der Waals surface area (Å²) in [4.78, 5) is 33.8. The molecule has 6 rings (SSSR count). The molecule has 30 heavy (non-hydrogen) atoms. The molecule has 156 valence electrons. The topological polar surface area (TPSA) is 84.0 Å². The van der Waals surface area contributed by atoms with Crippen molar-refractivity contribution in [3.8, 4) is 0 Å². The molecule has 0 unspecified atom stereocenters. The largest absolute Gasteiger partial charge is 0.325 e. The van der Waals surface area contributed by atoms with Crippen LogP contribution in [0.25, 0.3) is 0 Å². The fourth-order valence-electron chi connectivity index (χ4n) is 7.03. The van der Waals surface area contributed by atoms with Crippen LogP contribution in [-0.2, 0) is 9.59 Å². The van der Waals surface area contributed by atoms with Gasteiger partial charge in [0.25, 0.3) is 0 Å². The Hall–Kier alpha value is -2.76. The molecule has 2 amide bonds. The molecule has 4 bridgehead atoms. The molecule has 4 aliphatic carbocycles. The van der Waals surface area contributed by atoms with Crippen molar-refractivity contribution < 1.29 is 9.59 Å². The van der Waals surface area contributed by atoms with E-state index in [1.54, 1.807) is 24.8 Å². The van der Waals surface area contributed by atoms with E-state index in [9.17, 15) is 9.59 Å². The zero-order valence-corrected chi connectivity index (χ0v) is 17.1. The summed E-state index contributed by atoms with van der Waals surface area (Å²) in [7, 11) is 0. The lowest BCUT2D eigenvalue weighted by atomic mass is 9.43. The molecule has 4 aliphatic rings. The molecule has 2 heterocycles. The van der Waals surface area contributed by atoms with Crippen molar-refractivity contribution >= 4 is 23.2 Å². The van der Waals surface area contributed by atoms with E-state index in [-0.39, 0.29) is 22.6 Å². The van der Waals surface area contributed by atoms with Gasteiger partial charge in [0.15, 0.2) is 0 Å². The van der Waals surface area contributed by atoms with Crippen LogP contribution >= 0.6 is 0 Å². The highest BCUT2D eigenvalue weighted by Gasteiger charge is 2.58. The minimum Gasteiger partial charge on any atom is -0.325 e. The Balaban J connectivity index is 1.28. The predicted octanol–water partition coefficient (Wildman–Crippen LogP) is 4.42. The fraction of sp³-hybridized carbons (Fsp3) is 0.500. The highest BCUT2D eigenvalue weighted by Crippen LogP contribution is 2.67. The van der Waals surface area contributed by atoms with Gasteiger partial charge in [0.2, 0.25) is 11.8 Å². The van der Waals surface area contributed by atoms with Crippen molar-refractivity contribution in [2.24, 2.45) is 22.7 Å². The summed E-state index contributed by atoms with van der Waals surface area (Å²) in [5.41, 5.74) is 1.56. The summed E-state index contributed by atoms with van der Waals surface area (Å²) < 4.78 is 0. The van der Waals surface area contributed by atoms with E-state index in [1.807, 2.05) is 24.3 Å². The Morgan fingerprint density at radius 3 is 1.70 bits per heavy atom. The maximum absolute atomic E-state index is 12.8. The number of anilines is 2. The monoisotopic (exact) mass is 404 g/mol. The van der Waals surface area contributed by atoms with Gasteiger partial charge in [-0.05, 0) is 85.5 Å². The Morgan fingerprint density at radius 1 is 0.833 bits per heavy atom. The first-order valence-electron chi connectivity index (χ1n) is 10.9. The van der Waals surface area contributed by atoms with Crippen LogP contribution in [0.3, 0.4) is 0 Å². The van der Waals surface area contributed by atoms with Crippen molar-refractivity contribution in [3.63, 3.8) is 0 Å². The smallest absolute Gasteiger partial charge is 0.224 e. The summed E-state index contributed by atoms with van der Waals surface area (Å²) in [6.07, 6.45) is 14.6. The van der Waals surface area contributed by atoms with E-state index in [1.165, 1.54) is 6.42 Å². The number of aromatic nitrogens is 2. The first-order valence-corrected chi connectivity index (χ1v) is 10.9. The molecule has 0 atom stereocenters. The van der Waals surface area contributed by atoms with Gasteiger partial charge in [0.05, 0.1) is 23.8 Å². The fourth-order valence-corrected chi connectivity index (χ4v) is 7.03. The van der Waals surface area contributed by atoms with Crippen LogP contribution in [0, 0.1) is 22.7 Å². The van der Waals surface area contributed by atoms with Crippen LogP contribution < -0.4 is 10.6 Å². The summed E-state index contributed by atoms with van der Waals surface area (Å²) in [5, 5.41) is 6.03. The number of nitrogens with one attached hydrogen (secondary N) is 2. The van der Waals surface area contributed by atoms with Gasteiger partial charge < -0.3 is 10.6 Å². The molecule has 0 aromatic carbocycles. The van der Waals surface area contributed by atoms with E-state index >= 15 is 0 Å². The number of nitrogens with zero attached hydrogens (tertiary/aromatic N) is 2. The molecule has 0 spiro atoms. The third-order valence-corrected chi connectivity index (χ3v) is 7.27. The number of amides is 2. The maximum atomic E-state index is 12.8. The second-order valence-corrected chi connectivity index (χ2v) is 9.89. The average Bonchev–Trinajstić information content (AvgIpc) is 2.67. The van der Waals surface area contributed by atoms with E-state index in [2.05, 4.69) is 20.6 Å². The number of hydrogen-bond donors (Lipinski definition) is 2. The molecule has 0 saturated heterocycles. The number of rotatable bonds is 6. The van der Waals surface area contributed by atoms with Gasteiger partial charge in [-0.2, -0.15) is 0 Å². The highest BCUT2D eigenvalue weighted by atomic mass is 16.2. The number of carbonyl (C=O) groups excluding carboxylic acids is 2. The van der Waals surface area contributed by atoms with Gasteiger partial charge in [-0.3, -0.25) is 19.6 Å². The van der Waals surface area contributed by atoms with Gasteiger partial charge in [-0.15, -0.1) is 0 Å². The lowest BCUT2D eigenvalue weighted by Gasteiger charge is -2.62. The van der Waals surface area contributed by atoms with Gasteiger partial charge >= 0.3 is 0 Å². The number of pyridine rings is 2. The summed E-state index contributed by atoms with van der Waals surface area (Å²) in [6.45, 7) is 0. The Labute approximate surface area is 176 Å². The van der Waals surface area contributed by atoms with Crippen molar-refractivity contribution in [3.05, 3.63) is 49.1 Å². The first kappa shape index (κ1) is 19.2. The maximum Gasteiger partial charge on any atom is 0.224 e. The summed E-state index contributed by atoms with van der Waals surface area (Å²) in [5.74, 6) is 1.42. The van der Waals surface area contributed by atoms with Crippen molar-refractivity contribution in [1.82, 2.24) is 9.97 Å². The SMILES string of the molecule is O=C(CC12CC3CC(C1)CC(CC(=O)Nc1cccnc1)(C3)C2)Nc1cccnc1. The number of hydrogen-bond acceptors (Lipinski definition) is 4. The van der Waals surface area contributed by atoms with Gasteiger partial charge in [-0.1, -0.05) is 0 Å². The predicted molar refractivity (Wildman–Crippen MR) is 115 cm³/mol. The second-order valence-electron chi connectivity index (χ2n) is 9.89. The molecule has 6 heteroatoms. The minimum atomic E-state index is 0.0327. The van der Waals surface area contributed by atoms with E-state index < -0.39 is 0 Å². The zero-order valence-electron chi connectivity index (χ0n) is 17.1. The lowest BCUT2D eigenvalue weighted by molar-refractivity contribution is -0.142. The molecule has 0 aliphatic heterocycles. The number of carbonyl (C=O) groups is 2. The van der Waals surface area contributed by atoms with Gasteiger partial charge in [0, 0.05) is 25.2 Å². The van der Waals surface area contributed by atoms with E-state index in [0.717, 1.165) is 43.5 Å². The average molecular weight is 405 g/mol. The molecule has 2 aromatic heterocycles. The second kappa shape index (κ2) is 7.49. The van der Waals surface area contributed by atoms with Crippen LogP contribution in [0.2, 0.25) is 0 Å². The highest BCUT2D eigenvalue weighted by molar-refractivity contribution is 5.92. The molecular weight excluding hydrogens is 376 g/mol. The molecule has 6 nitrogen and oxygen atoms in total. The summed E-state index contributed by atoms with van der Waals surface area (Å²) >= 11 is 0. The van der Waals surface area contributed by atoms with Crippen LogP contribution in [0.1, 0.15) is 51.4 Å². The van der Waals surface area contributed by atoms with Crippen LogP contribution in [0.4, 0.5) is 11.4 Å². The van der Waals surface area contributed by atoms with Crippen LogP contribution in [0.5, 0.6) is 0 Å². The molecule has 0 radical (unpaired) electrons. The van der Waals surface area contributed by atoms with Crippen LogP contribution in [-0.4, -0.2) is 21.8 Å². The van der Waals surface area contributed by atoms with Crippen molar-refractivity contribution in [1.29, 1.82) is 0 Å². The lowest BCUT2D eigenvalue weighted by Crippen LogP contribution is -2.53. The normalized spacial score (nSPS) is 31.3. The third kappa shape index (κ3) is 3.95. The quantitative estimate of drug-likeness (QED) is 0.746. The van der Waals surface area contributed by atoms with Gasteiger partial charge in [0.1, 0.15) is 0 Å². The van der Waals surface area contributed by atoms with Crippen LogP contribution in [0.15, 0.2) is 49.1 Å². The third-order valence-electron chi connectivity index (χ3n) is 7.27.